The van der Waals surface area contributed by atoms with Crippen LogP contribution in [0.5, 0.6) is 0 Å². The highest BCUT2D eigenvalue weighted by atomic mass is 16.5. The summed E-state index contributed by atoms with van der Waals surface area (Å²) in [5.41, 5.74) is 1.92. The number of H-pyrrole nitrogens is 1. The van der Waals surface area contributed by atoms with Crippen LogP contribution in [0.15, 0.2) is 33.9 Å². The summed E-state index contributed by atoms with van der Waals surface area (Å²) in [7, 11) is 1.59. The zero-order chi connectivity index (χ0) is 21.6. The topological polar surface area (TPSA) is 93.2 Å². The second kappa shape index (κ2) is 7.47. The molecule has 0 radical (unpaired) electrons. The van der Waals surface area contributed by atoms with Crippen molar-refractivity contribution in [1.82, 2.24) is 14.1 Å². The second-order valence-corrected chi connectivity index (χ2v) is 7.85. The molecule has 0 amide bonds. The summed E-state index contributed by atoms with van der Waals surface area (Å²) in [6, 6.07) is 8.18. The maximum absolute atomic E-state index is 13.3. The molecule has 158 valence electrons. The lowest BCUT2D eigenvalue weighted by Crippen LogP contribution is -2.52. The number of rotatable bonds is 4. The smallest absolute Gasteiger partial charge is 0.364 e. The lowest BCUT2D eigenvalue weighted by atomic mass is 10.1. The molecule has 3 heterocycles. The van der Waals surface area contributed by atoms with Gasteiger partial charge in [-0.3, -0.25) is 14.2 Å². The van der Waals surface area contributed by atoms with Crippen LogP contribution in [0.2, 0.25) is 0 Å². The fourth-order valence-corrected chi connectivity index (χ4v) is 4.00. The van der Waals surface area contributed by atoms with Gasteiger partial charge in [-0.25, -0.2) is 23.8 Å². The first-order chi connectivity index (χ1) is 14.3. The number of carbonyl (C=O) groups excluding carboxylic acids is 1. The predicted octanol–water partition coefficient (Wildman–Crippen LogP) is 0.975. The van der Waals surface area contributed by atoms with Gasteiger partial charge in [-0.15, -0.1) is 0 Å². The van der Waals surface area contributed by atoms with Crippen molar-refractivity contribution in [2.45, 2.75) is 33.9 Å². The third-order valence-corrected chi connectivity index (χ3v) is 5.46. The quantitative estimate of drug-likeness (QED) is 0.509. The van der Waals surface area contributed by atoms with Gasteiger partial charge in [0, 0.05) is 13.0 Å². The molecule has 0 aliphatic carbocycles. The second-order valence-electron chi connectivity index (χ2n) is 7.85. The number of nitrogens with zero attached hydrogens (tertiary/aromatic N) is 4. The molecule has 0 saturated carbocycles. The zero-order valence-corrected chi connectivity index (χ0v) is 17.6. The number of aryl methyl sites for hydroxylation is 2. The van der Waals surface area contributed by atoms with Crippen molar-refractivity contribution >= 4 is 28.8 Å². The van der Waals surface area contributed by atoms with Gasteiger partial charge >= 0.3 is 17.6 Å². The number of hydrogen-bond acceptors (Lipinski definition) is 5. The Morgan fingerprint density at radius 3 is 2.63 bits per heavy atom. The highest BCUT2D eigenvalue weighted by Gasteiger charge is 2.36. The molecule has 0 bridgehead atoms. The van der Waals surface area contributed by atoms with Crippen LogP contribution in [0, 0.1) is 12.8 Å². The van der Waals surface area contributed by atoms with E-state index in [-0.39, 0.29) is 12.5 Å². The van der Waals surface area contributed by atoms with Crippen molar-refractivity contribution in [2.24, 2.45) is 13.0 Å². The van der Waals surface area contributed by atoms with Crippen molar-refractivity contribution in [2.75, 3.05) is 18.1 Å². The van der Waals surface area contributed by atoms with Crippen LogP contribution < -0.4 is 20.7 Å². The maximum Gasteiger partial charge on any atom is 0.364 e. The van der Waals surface area contributed by atoms with Gasteiger partial charge in [-0.1, -0.05) is 24.6 Å². The Kier molecular flexibility index (Phi) is 4.97. The third-order valence-electron chi connectivity index (χ3n) is 5.46. The van der Waals surface area contributed by atoms with E-state index in [0.717, 1.165) is 28.3 Å². The van der Waals surface area contributed by atoms with E-state index in [2.05, 4.69) is 16.8 Å². The summed E-state index contributed by atoms with van der Waals surface area (Å²) in [5, 5.41) is 0. The molecule has 1 aliphatic heterocycles. The summed E-state index contributed by atoms with van der Waals surface area (Å²) < 4.78 is 9.16. The number of esters is 1. The molecule has 1 aromatic carbocycles. The molecule has 3 aromatic rings. The van der Waals surface area contributed by atoms with Crippen molar-refractivity contribution in [1.29, 1.82) is 0 Å². The summed E-state index contributed by atoms with van der Waals surface area (Å²) in [4.78, 5) is 43.4. The van der Waals surface area contributed by atoms with E-state index in [9.17, 15) is 14.4 Å². The van der Waals surface area contributed by atoms with E-state index >= 15 is 0 Å². The van der Waals surface area contributed by atoms with E-state index in [4.69, 9.17) is 4.74 Å². The predicted molar refractivity (Wildman–Crippen MR) is 112 cm³/mol. The van der Waals surface area contributed by atoms with Gasteiger partial charge in [0.15, 0.2) is 0 Å². The average molecular weight is 412 g/mol. The normalized spacial score (nSPS) is 16.0. The van der Waals surface area contributed by atoms with Crippen molar-refractivity contribution in [3.8, 4) is 0 Å². The number of anilines is 2. The van der Waals surface area contributed by atoms with E-state index in [1.165, 1.54) is 4.57 Å². The van der Waals surface area contributed by atoms with E-state index in [1.54, 1.807) is 14.0 Å². The summed E-state index contributed by atoms with van der Waals surface area (Å²) in [6.07, 6.45) is 0. The Hall–Kier alpha value is -3.36. The van der Waals surface area contributed by atoms with Crippen LogP contribution in [0.25, 0.3) is 11.2 Å². The zero-order valence-electron chi connectivity index (χ0n) is 17.6. The molecule has 0 spiro atoms. The van der Waals surface area contributed by atoms with Crippen LogP contribution in [0.3, 0.4) is 0 Å². The minimum Gasteiger partial charge on any atom is -0.465 e. The fourth-order valence-electron chi connectivity index (χ4n) is 4.00. The van der Waals surface area contributed by atoms with Crippen molar-refractivity contribution in [3.05, 3.63) is 50.7 Å². The molecular formula is C21H26N5O4+. The number of carbonyl (C=O) groups is 1. The number of ether oxygens (including phenoxy) is 1. The number of hydrogen-bond donors (Lipinski definition) is 1. The minimum absolute atomic E-state index is 0.188. The van der Waals surface area contributed by atoms with Crippen LogP contribution in [0.1, 0.15) is 19.4 Å². The standard InChI is InChI=1S/C21H25N5O4/c1-5-30-16(27)12-26-19(28)17-18(23(4)21(26)29)22-20-24(10-14(3)11-25(17)20)15-8-6-13(2)7-9-15/h6-9,14H,5,10-12H2,1-4H3/p+1/t14-/m1/s1. The van der Waals surface area contributed by atoms with Gasteiger partial charge in [0.1, 0.15) is 12.2 Å². The van der Waals surface area contributed by atoms with Crippen LogP contribution in [-0.4, -0.2) is 33.2 Å². The van der Waals surface area contributed by atoms with Gasteiger partial charge in [0.05, 0.1) is 19.7 Å². The monoisotopic (exact) mass is 412 g/mol. The molecular weight excluding hydrogens is 386 g/mol. The SMILES string of the molecule is CCOC(=O)Cn1c(=O)c2c([nH]c3[n+]2C[C@H](C)CN3c2ccc(C)cc2)n(C)c1=O. The molecule has 30 heavy (non-hydrogen) atoms. The summed E-state index contributed by atoms with van der Waals surface area (Å²) in [5.74, 6) is 0.408. The van der Waals surface area contributed by atoms with Gasteiger partial charge in [0.2, 0.25) is 11.2 Å². The molecule has 1 atom stereocenters. The van der Waals surface area contributed by atoms with Gasteiger partial charge in [-0.2, -0.15) is 0 Å². The Morgan fingerprint density at radius 2 is 1.97 bits per heavy atom. The van der Waals surface area contributed by atoms with E-state index < -0.39 is 23.8 Å². The fraction of sp³-hybridized carbons (Fsp3) is 0.429. The molecule has 0 unspecified atom stereocenters. The number of fused-ring (bicyclic) bond motifs is 3. The summed E-state index contributed by atoms with van der Waals surface area (Å²) in [6.45, 7) is 7.02. The molecule has 0 fully saturated rings. The highest BCUT2D eigenvalue weighted by molar-refractivity contribution is 5.72. The van der Waals surface area contributed by atoms with Crippen LogP contribution >= 0.6 is 0 Å². The molecule has 9 heteroatoms. The molecule has 9 nitrogen and oxygen atoms in total. The van der Waals surface area contributed by atoms with Gasteiger partial charge in [-0.05, 0) is 26.0 Å². The number of imidazole rings is 1. The Balaban J connectivity index is 1.93. The number of aromatic amines is 1. The lowest BCUT2D eigenvalue weighted by molar-refractivity contribution is -0.669. The van der Waals surface area contributed by atoms with Crippen LogP contribution in [-0.2, 0) is 29.7 Å². The Bertz CT molecular complexity index is 1240. The average Bonchev–Trinajstić information content (AvgIpc) is 3.09. The molecule has 4 rings (SSSR count). The molecule has 2 aromatic heterocycles. The van der Waals surface area contributed by atoms with Crippen molar-refractivity contribution in [3.63, 3.8) is 0 Å². The molecule has 0 saturated heterocycles. The Morgan fingerprint density at radius 1 is 1.27 bits per heavy atom. The van der Waals surface area contributed by atoms with E-state index in [0.29, 0.717) is 17.7 Å². The lowest BCUT2D eigenvalue weighted by Gasteiger charge is -2.26. The van der Waals surface area contributed by atoms with Gasteiger partial charge < -0.3 is 4.74 Å². The number of aromatic nitrogens is 4. The van der Waals surface area contributed by atoms with Crippen molar-refractivity contribution < 1.29 is 14.1 Å². The van der Waals surface area contributed by atoms with Gasteiger partial charge in [0.25, 0.3) is 5.56 Å². The Labute approximate surface area is 173 Å². The molecule has 1 N–H and O–H groups in total. The van der Waals surface area contributed by atoms with E-state index in [1.807, 2.05) is 35.8 Å². The number of nitrogens with one attached hydrogen (secondary N) is 1. The summed E-state index contributed by atoms with van der Waals surface area (Å²) >= 11 is 0. The minimum atomic E-state index is -0.611. The largest absolute Gasteiger partial charge is 0.465 e. The third kappa shape index (κ3) is 3.20. The maximum atomic E-state index is 13.3. The first-order valence-corrected chi connectivity index (χ1v) is 10.1. The first kappa shape index (κ1) is 19.9. The number of benzene rings is 1. The molecule has 1 aliphatic rings. The van der Waals surface area contributed by atoms with Crippen LogP contribution in [0.4, 0.5) is 11.6 Å². The highest BCUT2D eigenvalue weighted by Crippen LogP contribution is 2.28. The first-order valence-electron chi connectivity index (χ1n) is 10.1.